The summed E-state index contributed by atoms with van der Waals surface area (Å²) in [6.07, 6.45) is 0. The highest BCUT2D eigenvalue weighted by Gasteiger charge is 2.07. The fraction of sp³-hybridized carbons (Fsp3) is 0. The van der Waals surface area contributed by atoms with Gasteiger partial charge in [0, 0.05) is 22.3 Å². The largest absolute Gasteiger partial charge is 0.423 e. The molecule has 0 fully saturated rings. The molecule has 4 aromatic carbocycles. The maximum atomic E-state index is 12.1. The van der Waals surface area contributed by atoms with Gasteiger partial charge in [0.2, 0.25) is 0 Å². The molecule has 0 aliphatic rings. The topological polar surface area (TPSA) is 26.3 Å². The minimum Gasteiger partial charge on any atom is -0.423 e. The fourth-order valence-electron chi connectivity index (χ4n) is 2.79. The zero-order valence-electron chi connectivity index (χ0n) is 16.7. The van der Waals surface area contributed by atoms with E-state index in [9.17, 15) is 4.79 Å². The Kier molecular flexibility index (Phi) is 6.24. The Balaban J connectivity index is 1.38. The summed E-state index contributed by atoms with van der Waals surface area (Å²) in [7, 11) is 0. The molecule has 0 aliphatic heterocycles. The second-order valence-electron chi connectivity index (χ2n) is 6.72. The number of hydrogen-bond donors (Lipinski definition) is 0. The third-order valence-corrected chi connectivity index (χ3v) is 4.44. The summed E-state index contributed by atoms with van der Waals surface area (Å²) in [5.74, 6) is 12.7. The minimum atomic E-state index is -0.380. The van der Waals surface area contributed by atoms with E-state index in [1.807, 2.05) is 72.8 Å². The molecule has 31 heavy (non-hydrogen) atoms. The van der Waals surface area contributed by atoms with Crippen LogP contribution in [-0.2, 0) is 0 Å². The molecule has 0 unspecified atom stereocenters. The van der Waals surface area contributed by atoms with Crippen molar-refractivity contribution in [2.45, 2.75) is 0 Å². The number of esters is 1. The van der Waals surface area contributed by atoms with Crippen LogP contribution in [0, 0.1) is 23.7 Å². The Labute approximate surface area is 182 Å². The quantitative estimate of drug-likeness (QED) is 0.246. The lowest BCUT2D eigenvalue weighted by molar-refractivity contribution is 0.0735. The number of ether oxygens (including phenoxy) is 1. The van der Waals surface area contributed by atoms with Crippen molar-refractivity contribution < 1.29 is 9.53 Å². The van der Waals surface area contributed by atoms with E-state index in [2.05, 4.69) is 23.7 Å². The Hall–Kier alpha value is -4.53. The first kappa shape index (κ1) is 19.8. The molecule has 4 rings (SSSR count). The lowest BCUT2D eigenvalue weighted by Crippen LogP contribution is -2.07. The SMILES string of the molecule is O=C(Oc1ccc(C#Cc2ccc(C#Cc3ccccc3)cc2)cc1)c1ccccc1. The molecule has 0 atom stereocenters. The molecule has 0 heterocycles. The van der Waals surface area contributed by atoms with Crippen molar-refractivity contribution in [3.8, 4) is 29.4 Å². The van der Waals surface area contributed by atoms with E-state index in [0.29, 0.717) is 11.3 Å². The Morgan fingerprint density at radius 1 is 0.484 bits per heavy atom. The van der Waals surface area contributed by atoms with Gasteiger partial charge in [-0.1, -0.05) is 60.1 Å². The van der Waals surface area contributed by atoms with E-state index in [1.54, 1.807) is 36.4 Å². The summed E-state index contributed by atoms with van der Waals surface area (Å²) >= 11 is 0. The van der Waals surface area contributed by atoms with Crippen molar-refractivity contribution in [2.24, 2.45) is 0 Å². The fourth-order valence-corrected chi connectivity index (χ4v) is 2.79. The van der Waals surface area contributed by atoms with Gasteiger partial charge >= 0.3 is 5.97 Å². The number of hydrogen-bond acceptors (Lipinski definition) is 2. The van der Waals surface area contributed by atoms with Gasteiger partial charge in [0.25, 0.3) is 0 Å². The molecule has 0 radical (unpaired) electrons. The van der Waals surface area contributed by atoms with E-state index < -0.39 is 0 Å². The minimum absolute atomic E-state index is 0.380. The standard InChI is InChI=1S/C29H18O2/c30-29(27-9-5-2-6-10-27)31-28-21-19-26(20-22-28)18-17-25-15-13-24(14-16-25)12-11-23-7-3-1-4-8-23/h1-10,13-16,19-22H. The van der Waals surface area contributed by atoms with Crippen LogP contribution in [0.3, 0.4) is 0 Å². The van der Waals surface area contributed by atoms with E-state index in [0.717, 1.165) is 22.3 Å². The molecule has 0 N–H and O–H groups in total. The molecule has 2 heteroatoms. The van der Waals surface area contributed by atoms with Gasteiger partial charge < -0.3 is 4.74 Å². The normalized spacial score (nSPS) is 9.55. The predicted octanol–water partition coefficient (Wildman–Crippen LogP) is 5.71. The maximum absolute atomic E-state index is 12.1. The average molecular weight is 398 g/mol. The van der Waals surface area contributed by atoms with Crippen molar-refractivity contribution in [3.05, 3.63) is 137 Å². The lowest BCUT2D eigenvalue weighted by atomic mass is 10.1. The molecule has 4 aromatic rings. The molecule has 146 valence electrons. The summed E-state index contributed by atoms with van der Waals surface area (Å²) in [5.41, 5.74) is 4.20. The average Bonchev–Trinajstić information content (AvgIpc) is 2.84. The van der Waals surface area contributed by atoms with Crippen LogP contribution in [0.2, 0.25) is 0 Å². The van der Waals surface area contributed by atoms with Crippen LogP contribution >= 0.6 is 0 Å². The second kappa shape index (κ2) is 9.79. The smallest absolute Gasteiger partial charge is 0.343 e. The van der Waals surface area contributed by atoms with Gasteiger partial charge in [-0.25, -0.2) is 4.79 Å². The van der Waals surface area contributed by atoms with Gasteiger partial charge in [0.1, 0.15) is 5.75 Å². The molecule has 0 aliphatic carbocycles. The maximum Gasteiger partial charge on any atom is 0.343 e. The molecule has 0 aromatic heterocycles. The van der Waals surface area contributed by atoms with Gasteiger partial charge in [-0.15, -0.1) is 0 Å². The number of carbonyl (C=O) groups is 1. The first-order chi connectivity index (χ1) is 15.3. The van der Waals surface area contributed by atoms with Gasteiger partial charge in [-0.2, -0.15) is 0 Å². The first-order valence-electron chi connectivity index (χ1n) is 9.83. The monoisotopic (exact) mass is 398 g/mol. The number of rotatable bonds is 2. The highest BCUT2D eigenvalue weighted by atomic mass is 16.5. The van der Waals surface area contributed by atoms with Crippen LogP contribution in [0.5, 0.6) is 5.75 Å². The zero-order chi connectivity index (χ0) is 21.3. The summed E-state index contributed by atoms with van der Waals surface area (Å²) in [5, 5.41) is 0. The van der Waals surface area contributed by atoms with E-state index in [4.69, 9.17) is 4.74 Å². The van der Waals surface area contributed by atoms with Crippen molar-refractivity contribution >= 4 is 5.97 Å². The van der Waals surface area contributed by atoms with Gasteiger partial charge in [0.15, 0.2) is 0 Å². The summed E-state index contributed by atoms with van der Waals surface area (Å²) in [6, 6.07) is 33.8. The van der Waals surface area contributed by atoms with E-state index in [-0.39, 0.29) is 5.97 Å². The molecule has 0 saturated heterocycles. The van der Waals surface area contributed by atoms with Crippen molar-refractivity contribution in [2.75, 3.05) is 0 Å². The summed E-state index contributed by atoms with van der Waals surface area (Å²) < 4.78 is 5.39. The van der Waals surface area contributed by atoms with E-state index >= 15 is 0 Å². The molecule has 0 amide bonds. The summed E-state index contributed by atoms with van der Waals surface area (Å²) in [6.45, 7) is 0. The Bertz CT molecular complexity index is 1280. The zero-order valence-corrected chi connectivity index (χ0v) is 16.7. The van der Waals surface area contributed by atoms with Crippen LogP contribution < -0.4 is 4.74 Å². The predicted molar refractivity (Wildman–Crippen MR) is 123 cm³/mol. The molecule has 0 spiro atoms. The highest BCUT2D eigenvalue weighted by molar-refractivity contribution is 5.90. The number of benzene rings is 4. The van der Waals surface area contributed by atoms with Crippen molar-refractivity contribution in [3.63, 3.8) is 0 Å². The van der Waals surface area contributed by atoms with Crippen LogP contribution in [-0.4, -0.2) is 5.97 Å². The van der Waals surface area contributed by atoms with Crippen LogP contribution in [0.1, 0.15) is 32.6 Å². The van der Waals surface area contributed by atoms with Crippen LogP contribution in [0.25, 0.3) is 0 Å². The van der Waals surface area contributed by atoms with Gasteiger partial charge in [0.05, 0.1) is 5.56 Å². The van der Waals surface area contributed by atoms with Crippen molar-refractivity contribution in [1.82, 2.24) is 0 Å². The van der Waals surface area contributed by atoms with Gasteiger partial charge in [-0.3, -0.25) is 0 Å². The Morgan fingerprint density at radius 2 is 0.871 bits per heavy atom. The molecule has 2 nitrogen and oxygen atoms in total. The first-order valence-corrected chi connectivity index (χ1v) is 9.83. The lowest BCUT2D eigenvalue weighted by Gasteiger charge is -2.04. The van der Waals surface area contributed by atoms with E-state index in [1.165, 1.54) is 0 Å². The molecular formula is C29H18O2. The molecule has 0 bridgehead atoms. The van der Waals surface area contributed by atoms with Crippen LogP contribution in [0.15, 0.2) is 109 Å². The third-order valence-electron chi connectivity index (χ3n) is 4.44. The second-order valence-corrected chi connectivity index (χ2v) is 6.72. The molecule has 0 saturated carbocycles. The van der Waals surface area contributed by atoms with Crippen molar-refractivity contribution in [1.29, 1.82) is 0 Å². The van der Waals surface area contributed by atoms with Crippen LogP contribution in [0.4, 0.5) is 0 Å². The number of carbonyl (C=O) groups excluding carboxylic acids is 1. The Morgan fingerprint density at radius 3 is 1.35 bits per heavy atom. The van der Waals surface area contributed by atoms with Gasteiger partial charge in [-0.05, 0) is 72.8 Å². The third kappa shape index (κ3) is 5.73. The summed E-state index contributed by atoms with van der Waals surface area (Å²) in [4.78, 5) is 12.1. The highest BCUT2D eigenvalue weighted by Crippen LogP contribution is 2.14. The molecular weight excluding hydrogens is 380 g/mol.